The number of para-hydroxylation sites is 1. The van der Waals surface area contributed by atoms with Crippen LogP contribution >= 0.6 is 0 Å². The van der Waals surface area contributed by atoms with E-state index in [2.05, 4.69) is 44.2 Å². The molecular formula is C24H22N2O. The first kappa shape index (κ1) is 17.2. The Hall–Kier alpha value is -3.20. The van der Waals surface area contributed by atoms with Gasteiger partial charge in [0.2, 0.25) is 0 Å². The van der Waals surface area contributed by atoms with Crippen molar-refractivity contribution in [3.8, 4) is 11.4 Å². The summed E-state index contributed by atoms with van der Waals surface area (Å²) in [5, 5.41) is 0.666. The molecule has 0 N–H and O–H groups in total. The van der Waals surface area contributed by atoms with Crippen LogP contribution in [-0.2, 0) is 13.0 Å². The molecule has 0 unspecified atom stereocenters. The zero-order valence-corrected chi connectivity index (χ0v) is 15.6. The first-order chi connectivity index (χ1) is 13.1. The minimum absolute atomic E-state index is 0.0199. The Balaban J connectivity index is 1.89. The first-order valence-corrected chi connectivity index (χ1v) is 9.24. The van der Waals surface area contributed by atoms with Gasteiger partial charge in [-0.25, -0.2) is 4.98 Å². The van der Waals surface area contributed by atoms with Crippen molar-refractivity contribution in [3.63, 3.8) is 0 Å². The van der Waals surface area contributed by atoms with Gasteiger partial charge in [0.15, 0.2) is 0 Å². The highest BCUT2D eigenvalue weighted by Crippen LogP contribution is 2.24. The predicted octanol–water partition coefficient (Wildman–Crippen LogP) is 4.92. The van der Waals surface area contributed by atoms with Gasteiger partial charge in [-0.3, -0.25) is 9.36 Å². The van der Waals surface area contributed by atoms with Crippen LogP contribution in [0.2, 0.25) is 0 Å². The molecule has 0 radical (unpaired) electrons. The van der Waals surface area contributed by atoms with E-state index >= 15 is 0 Å². The number of aromatic nitrogens is 2. The van der Waals surface area contributed by atoms with Crippen LogP contribution in [0.15, 0.2) is 77.6 Å². The maximum atomic E-state index is 13.2. The Bertz CT molecular complexity index is 1160. The van der Waals surface area contributed by atoms with E-state index in [9.17, 15) is 4.79 Å². The van der Waals surface area contributed by atoms with Gasteiger partial charge in [-0.2, -0.15) is 0 Å². The lowest BCUT2D eigenvalue weighted by Gasteiger charge is -2.15. The van der Waals surface area contributed by atoms with E-state index in [1.807, 2.05) is 47.0 Å². The quantitative estimate of drug-likeness (QED) is 0.521. The smallest absolute Gasteiger partial charge is 0.261 e. The molecule has 0 atom stereocenters. The fourth-order valence-corrected chi connectivity index (χ4v) is 3.53. The summed E-state index contributed by atoms with van der Waals surface area (Å²) in [6, 6.07) is 24.1. The van der Waals surface area contributed by atoms with Gasteiger partial charge < -0.3 is 0 Å². The normalized spacial score (nSPS) is 11.0. The minimum Gasteiger partial charge on any atom is -0.292 e. The highest BCUT2D eigenvalue weighted by Gasteiger charge is 2.14. The zero-order valence-electron chi connectivity index (χ0n) is 15.6. The maximum Gasteiger partial charge on any atom is 0.261 e. The van der Waals surface area contributed by atoms with E-state index in [1.165, 1.54) is 11.1 Å². The second-order valence-corrected chi connectivity index (χ2v) is 6.96. The third-order valence-electron chi connectivity index (χ3n) is 4.95. The van der Waals surface area contributed by atoms with Crippen LogP contribution in [0.5, 0.6) is 0 Å². The SMILES string of the molecule is Cc1ccc(-c2nc3ccccc3c(=O)n2CCc2ccccc2)c(C)c1. The number of aryl methyl sites for hydroxylation is 3. The minimum atomic E-state index is 0.0199. The Morgan fingerprint density at radius 1 is 0.889 bits per heavy atom. The summed E-state index contributed by atoms with van der Waals surface area (Å²) in [5.74, 6) is 0.743. The molecule has 0 spiro atoms. The van der Waals surface area contributed by atoms with E-state index in [4.69, 9.17) is 4.98 Å². The second kappa shape index (κ2) is 7.20. The summed E-state index contributed by atoms with van der Waals surface area (Å²) in [6.45, 7) is 4.75. The van der Waals surface area contributed by atoms with Crippen LogP contribution in [0, 0.1) is 13.8 Å². The molecule has 27 heavy (non-hydrogen) atoms. The van der Waals surface area contributed by atoms with Crippen LogP contribution in [0.25, 0.3) is 22.3 Å². The molecule has 4 aromatic rings. The molecule has 0 bridgehead atoms. The highest BCUT2D eigenvalue weighted by molar-refractivity contribution is 5.80. The lowest BCUT2D eigenvalue weighted by Crippen LogP contribution is -2.24. The molecule has 4 rings (SSSR count). The Morgan fingerprint density at radius 3 is 2.41 bits per heavy atom. The van der Waals surface area contributed by atoms with Gasteiger partial charge in [-0.05, 0) is 43.5 Å². The summed E-state index contributed by atoms with van der Waals surface area (Å²) in [4.78, 5) is 18.1. The molecule has 1 heterocycles. The van der Waals surface area contributed by atoms with Crippen LogP contribution in [-0.4, -0.2) is 9.55 Å². The average molecular weight is 354 g/mol. The van der Waals surface area contributed by atoms with E-state index < -0.39 is 0 Å². The third-order valence-corrected chi connectivity index (χ3v) is 4.95. The zero-order chi connectivity index (χ0) is 18.8. The van der Waals surface area contributed by atoms with Crippen molar-refractivity contribution in [2.45, 2.75) is 26.8 Å². The van der Waals surface area contributed by atoms with Gasteiger partial charge in [0.1, 0.15) is 5.82 Å². The summed E-state index contributed by atoms with van der Waals surface area (Å²) >= 11 is 0. The van der Waals surface area contributed by atoms with Crippen molar-refractivity contribution >= 4 is 10.9 Å². The fraction of sp³-hybridized carbons (Fsp3) is 0.167. The van der Waals surface area contributed by atoms with Gasteiger partial charge in [0.05, 0.1) is 10.9 Å². The van der Waals surface area contributed by atoms with Gasteiger partial charge in [0.25, 0.3) is 5.56 Å². The number of fused-ring (bicyclic) bond motifs is 1. The average Bonchev–Trinajstić information content (AvgIpc) is 2.68. The van der Waals surface area contributed by atoms with Crippen molar-refractivity contribution in [2.75, 3.05) is 0 Å². The molecule has 0 saturated carbocycles. The van der Waals surface area contributed by atoms with Crippen LogP contribution < -0.4 is 5.56 Å². The number of benzene rings is 3. The Labute approximate surface area is 158 Å². The number of hydrogen-bond donors (Lipinski definition) is 0. The third kappa shape index (κ3) is 3.41. The van der Waals surface area contributed by atoms with Crippen molar-refractivity contribution in [3.05, 3.63) is 99.8 Å². The van der Waals surface area contributed by atoms with Crippen molar-refractivity contribution in [2.24, 2.45) is 0 Å². The first-order valence-electron chi connectivity index (χ1n) is 9.24. The molecule has 1 aromatic heterocycles. The molecular weight excluding hydrogens is 332 g/mol. The maximum absolute atomic E-state index is 13.2. The lowest BCUT2D eigenvalue weighted by molar-refractivity contribution is 0.671. The Morgan fingerprint density at radius 2 is 1.63 bits per heavy atom. The number of hydrogen-bond acceptors (Lipinski definition) is 2. The van der Waals surface area contributed by atoms with Crippen LogP contribution in [0.1, 0.15) is 16.7 Å². The summed E-state index contributed by atoms with van der Waals surface area (Å²) in [6.07, 6.45) is 0.790. The van der Waals surface area contributed by atoms with Crippen molar-refractivity contribution in [1.29, 1.82) is 0 Å². The number of rotatable bonds is 4. The van der Waals surface area contributed by atoms with Gasteiger partial charge >= 0.3 is 0 Å². The van der Waals surface area contributed by atoms with Crippen LogP contribution in [0.4, 0.5) is 0 Å². The van der Waals surface area contributed by atoms with Crippen molar-refractivity contribution < 1.29 is 0 Å². The van der Waals surface area contributed by atoms with Crippen LogP contribution in [0.3, 0.4) is 0 Å². The molecule has 3 heteroatoms. The predicted molar refractivity (Wildman–Crippen MR) is 111 cm³/mol. The molecule has 0 aliphatic rings. The summed E-state index contributed by atoms with van der Waals surface area (Å²) in [5.41, 5.74) is 5.32. The monoisotopic (exact) mass is 354 g/mol. The summed E-state index contributed by atoms with van der Waals surface area (Å²) in [7, 11) is 0. The molecule has 0 saturated heterocycles. The fourth-order valence-electron chi connectivity index (χ4n) is 3.53. The highest BCUT2D eigenvalue weighted by atomic mass is 16.1. The topological polar surface area (TPSA) is 34.9 Å². The van der Waals surface area contributed by atoms with Gasteiger partial charge in [0, 0.05) is 12.1 Å². The molecule has 0 fully saturated rings. The lowest BCUT2D eigenvalue weighted by atomic mass is 10.0. The van der Waals surface area contributed by atoms with E-state index in [1.54, 1.807) is 0 Å². The van der Waals surface area contributed by atoms with Crippen molar-refractivity contribution in [1.82, 2.24) is 9.55 Å². The molecule has 3 aromatic carbocycles. The largest absolute Gasteiger partial charge is 0.292 e. The molecule has 3 nitrogen and oxygen atoms in total. The second-order valence-electron chi connectivity index (χ2n) is 6.96. The van der Waals surface area contributed by atoms with Gasteiger partial charge in [-0.1, -0.05) is 66.2 Å². The molecule has 0 amide bonds. The molecule has 0 aliphatic heterocycles. The molecule has 134 valence electrons. The summed E-state index contributed by atoms with van der Waals surface area (Å²) < 4.78 is 1.83. The van der Waals surface area contributed by atoms with E-state index in [-0.39, 0.29) is 5.56 Å². The van der Waals surface area contributed by atoms with E-state index in [0.29, 0.717) is 11.9 Å². The number of nitrogens with zero attached hydrogens (tertiary/aromatic N) is 2. The molecule has 0 aliphatic carbocycles. The van der Waals surface area contributed by atoms with Gasteiger partial charge in [-0.15, -0.1) is 0 Å². The standard InChI is InChI=1S/C24H22N2O/c1-17-12-13-20(18(2)16-17)23-25-22-11-7-6-10-21(22)24(27)26(23)15-14-19-8-4-3-5-9-19/h3-13,16H,14-15H2,1-2H3. The Kier molecular flexibility index (Phi) is 4.59. The van der Waals surface area contributed by atoms with E-state index in [0.717, 1.165) is 28.9 Å².